The highest BCUT2D eigenvalue weighted by Gasteiger charge is 2.21. The van der Waals surface area contributed by atoms with E-state index >= 15 is 0 Å². The number of rotatable bonds is 7. The summed E-state index contributed by atoms with van der Waals surface area (Å²) < 4.78 is 5.74. The van der Waals surface area contributed by atoms with Gasteiger partial charge in [0.2, 0.25) is 0 Å². The lowest BCUT2D eigenvalue weighted by atomic mass is 10.1. The Balaban J connectivity index is 1.57. The van der Waals surface area contributed by atoms with Gasteiger partial charge in [-0.3, -0.25) is 9.89 Å². The number of hydrogen-bond donors (Lipinski definition) is 2. The van der Waals surface area contributed by atoms with Gasteiger partial charge in [0, 0.05) is 32.7 Å². The van der Waals surface area contributed by atoms with Gasteiger partial charge in [-0.05, 0) is 32.3 Å². The third-order valence-corrected chi connectivity index (χ3v) is 3.97. The van der Waals surface area contributed by atoms with Crippen molar-refractivity contribution in [1.82, 2.24) is 10.2 Å². The molecule has 0 bridgehead atoms. The topological polar surface area (TPSA) is 62.9 Å². The molecule has 2 rings (SSSR count). The molecule has 0 spiro atoms. The van der Waals surface area contributed by atoms with E-state index in [9.17, 15) is 0 Å². The second-order valence-electron chi connectivity index (χ2n) is 6.30. The Morgan fingerprint density at radius 3 is 2.65 bits per heavy atom. The number of hydrogen-bond acceptors (Lipinski definition) is 3. The number of nitrogens with zero attached hydrogens (tertiary/aromatic N) is 2. The van der Waals surface area contributed by atoms with E-state index in [1.54, 1.807) is 0 Å². The number of aliphatic imine (C=N–C) groups is 1. The minimum atomic E-state index is 0.326. The van der Waals surface area contributed by atoms with Gasteiger partial charge in [0.25, 0.3) is 0 Å². The molecule has 128 valence electrons. The summed E-state index contributed by atoms with van der Waals surface area (Å²) >= 11 is 0. The molecule has 1 heterocycles. The van der Waals surface area contributed by atoms with Crippen LogP contribution >= 0.6 is 0 Å². The molecule has 5 heteroatoms. The van der Waals surface area contributed by atoms with Crippen LogP contribution in [0.3, 0.4) is 0 Å². The molecular weight excluding hydrogens is 288 g/mol. The first kappa shape index (κ1) is 17.8. The predicted octanol–water partition coefficient (Wildman–Crippen LogP) is 1.63. The molecule has 0 radical (unpaired) electrons. The zero-order valence-electron chi connectivity index (χ0n) is 14.4. The van der Waals surface area contributed by atoms with E-state index in [-0.39, 0.29) is 0 Å². The number of ether oxygens (including phenoxy) is 1. The summed E-state index contributed by atoms with van der Waals surface area (Å²) in [5.41, 5.74) is 7.22. The molecule has 0 aliphatic carbocycles. The minimum absolute atomic E-state index is 0.326. The number of morpholine rings is 1. The van der Waals surface area contributed by atoms with Crippen molar-refractivity contribution in [3.8, 4) is 0 Å². The van der Waals surface area contributed by atoms with Crippen LogP contribution in [0.25, 0.3) is 0 Å². The molecular formula is C18H30N4O. The normalized spacial score (nSPS) is 23.0. The Morgan fingerprint density at radius 2 is 1.96 bits per heavy atom. The Labute approximate surface area is 139 Å². The number of nitrogens with one attached hydrogen (secondary N) is 1. The van der Waals surface area contributed by atoms with Gasteiger partial charge in [-0.1, -0.05) is 30.3 Å². The van der Waals surface area contributed by atoms with E-state index in [1.165, 1.54) is 5.56 Å². The van der Waals surface area contributed by atoms with Gasteiger partial charge in [-0.2, -0.15) is 0 Å². The van der Waals surface area contributed by atoms with Gasteiger partial charge in [-0.25, -0.2) is 0 Å². The van der Waals surface area contributed by atoms with Gasteiger partial charge in [0.15, 0.2) is 5.96 Å². The van der Waals surface area contributed by atoms with Crippen LogP contribution in [0.5, 0.6) is 0 Å². The van der Waals surface area contributed by atoms with E-state index in [0.717, 1.165) is 45.6 Å². The monoisotopic (exact) mass is 318 g/mol. The van der Waals surface area contributed by atoms with Crippen molar-refractivity contribution in [3.63, 3.8) is 0 Å². The summed E-state index contributed by atoms with van der Waals surface area (Å²) in [7, 11) is 0. The molecule has 0 amide bonds. The Bertz CT molecular complexity index is 467. The van der Waals surface area contributed by atoms with E-state index in [0.29, 0.717) is 18.2 Å². The first-order valence-electron chi connectivity index (χ1n) is 8.59. The fourth-order valence-corrected chi connectivity index (χ4v) is 3.00. The molecule has 2 atom stereocenters. The van der Waals surface area contributed by atoms with Crippen LogP contribution < -0.4 is 11.1 Å². The third kappa shape index (κ3) is 7.01. The highest BCUT2D eigenvalue weighted by atomic mass is 16.5. The maximum atomic E-state index is 5.91. The average molecular weight is 318 g/mol. The summed E-state index contributed by atoms with van der Waals surface area (Å²) in [6, 6.07) is 10.4. The molecule has 1 aromatic rings. The smallest absolute Gasteiger partial charge is 0.188 e. The summed E-state index contributed by atoms with van der Waals surface area (Å²) in [5.74, 6) is 0.546. The van der Waals surface area contributed by atoms with Crippen molar-refractivity contribution in [2.75, 3.05) is 32.7 Å². The highest BCUT2D eigenvalue weighted by molar-refractivity contribution is 5.77. The maximum Gasteiger partial charge on any atom is 0.188 e. The summed E-state index contributed by atoms with van der Waals surface area (Å²) in [6.07, 6.45) is 2.64. The van der Waals surface area contributed by atoms with Crippen molar-refractivity contribution in [2.45, 2.75) is 38.9 Å². The summed E-state index contributed by atoms with van der Waals surface area (Å²) in [4.78, 5) is 6.85. The fourth-order valence-electron chi connectivity index (χ4n) is 3.00. The van der Waals surface area contributed by atoms with Crippen molar-refractivity contribution in [2.24, 2.45) is 10.7 Å². The molecule has 1 fully saturated rings. The Hall–Kier alpha value is -1.59. The standard InChI is InChI=1S/C18H30N4O/c1-15-13-22(14-16(2)23-15)12-6-10-20-18(19)21-11-9-17-7-4-3-5-8-17/h3-5,7-8,15-16H,6,9-14H2,1-2H3,(H3,19,20,21). The molecule has 5 nitrogen and oxygen atoms in total. The molecule has 1 aromatic carbocycles. The lowest BCUT2D eigenvalue weighted by Gasteiger charge is -2.35. The van der Waals surface area contributed by atoms with Gasteiger partial charge >= 0.3 is 0 Å². The molecule has 1 saturated heterocycles. The molecule has 2 unspecified atom stereocenters. The number of benzene rings is 1. The number of nitrogens with two attached hydrogens (primary N) is 1. The van der Waals surface area contributed by atoms with E-state index in [4.69, 9.17) is 10.5 Å². The van der Waals surface area contributed by atoms with Gasteiger partial charge in [0.1, 0.15) is 0 Å². The molecule has 1 aliphatic heterocycles. The van der Waals surface area contributed by atoms with Gasteiger partial charge in [-0.15, -0.1) is 0 Å². The van der Waals surface area contributed by atoms with Crippen molar-refractivity contribution < 1.29 is 4.74 Å². The Kier molecular flexibility index (Phi) is 7.36. The molecule has 23 heavy (non-hydrogen) atoms. The van der Waals surface area contributed by atoms with Crippen LogP contribution in [0.1, 0.15) is 25.8 Å². The maximum absolute atomic E-state index is 5.91. The third-order valence-electron chi connectivity index (χ3n) is 3.97. The quantitative estimate of drug-likeness (QED) is 0.456. The second kappa shape index (κ2) is 9.53. The lowest BCUT2D eigenvalue weighted by molar-refractivity contribution is -0.0679. The zero-order valence-corrected chi connectivity index (χ0v) is 14.4. The van der Waals surface area contributed by atoms with Crippen LogP contribution in [0, 0.1) is 0 Å². The van der Waals surface area contributed by atoms with E-state index in [1.807, 2.05) is 6.07 Å². The first-order valence-corrected chi connectivity index (χ1v) is 8.59. The molecule has 3 N–H and O–H groups in total. The van der Waals surface area contributed by atoms with Gasteiger partial charge < -0.3 is 15.8 Å². The predicted molar refractivity (Wildman–Crippen MR) is 95.7 cm³/mol. The van der Waals surface area contributed by atoms with Crippen LogP contribution in [-0.4, -0.2) is 55.8 Å². The molecule has 0 aromatic heterocycles. The Morgan fingerprint density at radius 1 is 1.26 bits per heavy atom. The summed E-state index contributed by atoms with van der Waals surface area (Å²) in [5, 5.41) is 3.18. The lowest BCUT2D eigenvalue weighted by Crippen LogP contribution is -2.45. The SMILES string of the molecule is CC1CN(CCCN=C(N)NCCc2ccccc2)CC(C)O1. The van der Waals surface area contributed by atoms with Gasteiger partial charge in [0.05, 0.1) is 12.2 Å². The molecule has 0 saturated carbocycles. The zero-order chi connectivity index (χ0) is 16.5. The first-order chi connectivity index (χ1) is 11.1. The van der Waals surface area contributed by atoms with Crippen LogP contribution in [0.2, 0.25) is 0 Å². The minimum Gasteiger partial charge on any atom is -0.373 e. The fraction of sp³-hybridized carbons (Fsp3) is 0.611. The molecule has 1 aliphatic rings. The second-order valence-corrected chi connectivity index (χ2v) is 6.30. The largest absolute Gasteiger partial charge is 0.373 e. The van der Waals surface area contributed by atoms with Crippen molar-refractivity contribution in [1.29, 1.82) is 0 Å². The van der Waals surface area contributed by atoms with Crippen molar-refractivity contribution in [3.05, 3.63) is 35.9 Å². The van der Waals surface area contributed by atoms with E-state index < -0.39 is 0 Å². The van der Waals surface area contributed by atoms with Crippen LogP contribution in [0.15, 0.2) is 35.3 Å². The van der Waals surface area contributed by atoms with E-state index in [2.05, 4.69) is 53.3 Å². The summed E-state index contributed by atoms with van der Waals surface area (Å²) in [6.45, 7) is 8.93. The van der Waals surface area contributed by atoms with Crippen molar-refractivity contribution >= 4 is 5.96 Å². The highest BCUT2D eigenvalue weighted by Crippen LogP contribution is 2.10. The average Bonchev–Trinajstić information content (AvgIpc) is 2.52. The van der Waals surface area contributed by atoms with Crippen LogP contribution in [-0.2, 0) is 11.2 Å². The number of guanidine groups is 1. The van der Waals surface area contributed by atoms with Crippen LogP contribution in [0.4, 0.5) is 0 Å².